The number of halogens is 2. The third-order valence-corrected chi connectivity index (χ3v) is 3.42. The summed E-state index contributed by atoms with van der Waals surface area (Å²) in [6.45, 7) is -0.513. The van der Waals surface area contributed by atoms with E-state index < -0.39 is 40.1 Å². The Balaban J connectivity index is 2.81. The fraction of sp³-hybridized carbons (Fsp3) is 0.500. The number of furan rings is 1. The molecule has 0 bridgehead atoms. The maximum absolute atomic E-state index is 12.9. The van der Waals surface area contributed by atoms with Gasteiger partial charge in [-0.25, -0.2) is 26.7 Å². The summed E-state index contributed by atoms with van der Waals surface area (Å²) in [5.41, 5.74) is 4.78. The van der Waals surface area contributed by atoms with Gasteiger partial charge in [0.1, 0.15) is 0 Å². The molecule has 114 valence electrons. The molecule has 0 spiro atoms. The predicted octanol–water partition coefficient (Wildman–Crippen LogP) is 0.329. The highest BCUT2D eigenvalue weighted by Gasteiger charge is 2.30. The molecule has 0 fully saturated rings. The Morgan fingerprint density at radius 2 is 2.15 bits per heavy atom. The molecule has 0 atom stereocenters. The Bertz CT molecular complexity index is 570. The molecule has 0 aliphatic carbocycles. The van der Waals surface area contributed by atoms with Crippen LogP contribution in [0.15, 0.2) is 21.6 Å². The maximum Gasteiger partial charge on any atom is 0.374 e. The molecule has 0 radical (unpaired) electrons. The summed E-state index contributed by atoms with van der Waals surface area (Å²) >= 11 is 0. The van der Waals surface area contributed by atoms with Gasteiger partial charge in [0.05, 0.1) is 19.7 Å². The fourth-order valence-electron chi connectivity index (χ4n) is 1.12. The van der Waals surface area contributed by atoms with Gasteiger partial charge in [0.2, 0.25) is 10.9 Å². The first-order valence-electron chi connectivity index (χ1n) is 5.56. The van der Waals surface area contributed by atoms with E-state index in [0.717, 1.165) is 12.1 Å². The van der Waals surface area contributed by atoms with Gasteiger partial charge in [0.15, 0.2) is 0 Å². The van der Waals surface area contributed by atoms with Crippen LogP contribution in [0.25, 0.3) is 0 Å². The van der Waals surface area contributed by atoms with E-state index in [-0.39, 0.29) is 12.4 Å². The van der Waals surface area contributed by atoms with Crippen LogP contribution in [0, 0.1) is 0 Å². The van der Waals surface area contributed by atoms with Crippen LogP contribution in [0.1, 0.15) is 17.5 Å². The number of ether oxygens (including phenoxy) is 1. The van der Waals surface area contributed by atoms with Crippen molar-refractivity contribution < 1.29 is 31.1 Å². The first kappa shape index (κ1) is 16.5. The maximum atomic E-state index is 12.9. The smallest absolute Gasteiger partial charge is 0.374 e. The molecule has 1 aromatic heterocycles. The lowest BCUT2D eigenvalue weighted by Gasteiger charge is -2.13. The topological polar surface area (TPSA) is 112 Å². The van der Waals surface area contributed by atoms with Gasteiger partial charge in [-0.05, 0) is 19.1 Å². The van der Waals surface area contributed by atoms with Crippen LogP contribution < -0.4 is 10.5 Å². The van der Waals surface area contributed by atoms with Crippen LogP contribution in [0.4, 0.5) is 8.78 Å². The van der Waals surface area contributed by atoms with Crippen LogP contribution in [0.2, 0.25) is 0 Å². The van der Waals surface area contributed by atoms with Crippen molar-refractivity contribution in [2.45, 2.75) is 17.9 Å². The molecule has 0 aliphatic heterocycles. The summed E-state index contributed by atoms with van der Waals surface area (Å²) in [6, 6.07) is 2.04. The summed E-state index contributed by atoms with van der Waals surface area (Å²) in [5, 5.41) is -0.659. The molecule has 7 nitrogen and oxygen atoms in total. The van der Waals surface area contributed by atoms with Crippen LogP contribution in [0.3, 0.4) is 0 Å². The number of alkyl halides is 2. The molecule has 0 saturated carbocycles. The first-order valence-corrected chi connectivity index (χ1v) is 7.04. The third-order valence-electron chi connectivity index (χ3n) is 2.14. The molecule has 0 saturated heterocycles. The number of esters is 1. The van der Waals surface area contributed by atoms with Crippen molar-refractivity contribution in [3.8, 4) is 0 Å². The number of hydrogen-bond donors (Lipinski definition) is 2. The summed E-state index contributed by atoms with van der Waals surface area (Å²) < 4.78 is 60.1. The fourth-order valence-corrected chi connectivity index (χ4v) is 2.11. The van der Waals surface area contributed by atoms with Gasteiger partial charge in [-0.3, -0.25) is 0 Å². The SMILES string of the molecule is CCOC(=O)c1ccc(S(=O)(=O)NCC(F)(F)CN)o1. The summed E-state index contributed by atoms with van der Waals surface area (Å²) in [5.74, 6) is -4.55. The Labute approximate surface area is 114 Å². The van der Waals surface area contributed by atoms with Crippen molar-refractivity contribution in [3.63, 3.8) is 0 Å². The molecule has 3 N–H and O–H groups in total. The second kappa shape index (κ2) is 6.29. The van der Waals surface area contributed by atoms with E-state index in [1.165, 1.54) is 0 Å². The number of sulfonamides is 1. The second-order valence-electron chi connectivity index (χ2n) is 3.72. The summed E-state index contributed by atoms with van der Waals surface area (Å²) in [6.07, 6.45) is 0. The first-order chi connectivity index (χ1) is 9.22. The molecular weight excluding hydrogens is 298 g/mol. The normalized spacial score (nSPS) is 12.4. The Kier molecular flexibility index (Phi) is 5.20. The summed E-state index contributed by atoms with van der Waals surface area (Å²) in [7, 11) is -4.29. The van der Waals surface area contributed by atoms with Gasteiger partial charge in [-0.15, -0.1) is 0 Å². The van der Waals surface area contributed by atoms with E-state index in [9.17, 15) is 22.0 Å². The standard InChI is InChI=1S/C10H14F2N2O5S/c1-2-18-9(15)7-3-4-8(19-7)20(16,17)14-6-10(11,12)5-13/h3-4,14H,2,5-6,13H2,1H3. The number of nitrogens with one attached hydrogen (secondary N) is 1. The molecule has 20 heavy (non-hydrogen) atoms. The van der Waals surface area contributed by atoms with Crippen molar-refractivity contribution in [1.29, 1.82) is 0 Å². The van der Waals surface area contributed by atoms with E-state index >= 15 is 0 Å². The van der Waals surface area contributed by atoms with Gasteiger partial charge in [-0.1, -0.05) is 0 Å². The highest BCUT2D eigenvalue weighted by atomic mass is 32.2. The zero-order valence-corrected chi connectivity index (χ0v) is 11.4. The molecule has 0 unspecified atom stereocenters. The number of carbonyl (C=O) groups excluding carboxylic acids is 1. The van der Waals surface area contributed by atoms with Gasteiger partial charge in [0.25, 0.3) is 15.9 Å². The Morgan fingerprint density at radius 1 is 1.50 bits per heavy atom. The number of carbonyl (C=O) groups is 1. The average Bonchev–Trinajstić information content (AvgIpc) is 2.87. The third kappa shape index (κ3) is 4.25. The van der Waals surface area contributed by atoms with E-state index in [1.807, 2.05) is 0 Å². The molecule has 0 aliphatic rings. The highest BCUT2D eigenvalue weighted by molar-refractivity contribution is 7.89. The molecular formula is C10H14F2N2O5S. The zero-order chi connectivity index (χ0) is 15.4. The summed E-state index contributed by atoms with van der Waals surface area (Å²) in [4.78, 5) is 11.3. The molecule has 1 heterocycles. The van der Waals surface area contributed by atoms with Crippen molar-refractivity contribution in [1.82, 2.24) is 4.72 Å². The minimum atomic E-state index is -4.29. The van der Waals surface area contributed by atoms with Gasteiger partial charge in [0, 0.05) is 0 Å². The number of hydrogen-bond acceptors (Lipinski definition) is 6. The van der Waals surface area contributed by atoms with Crippen molar-refractivity contribution in [2.24, 2.45) is 5.73 Å². The molecule has 0 amide bonds. The lowest BCUT2D eigenvalue weighted by Crippen LogP contribution is -2.41. The van der Waals surface area contributed by atoms with Crippen LogP contribution in [-0.2, 0) is 14.8 Å². The van der Waals surface area contributed by atoms with Gasteiger partial charge < -0.3 is 14.9 Å². The Hall–Kier alpha value is -1.52. The van der Waals surface area contributed by atoms with E-state index in [2.05, 4.69) is 4.74 Å². The van der Waals surface area contributed by atoms with Crippen molar-refractivity contribution in [3.05, 3.63) is 17.9 Å². The average molecular weight is 312 g/mol. The zero-order valence-electron chi connectivity index (χ0n) is 10.6. The van der Waals surface area contributed by atoms with Gasteiger partial charge in [-0.2, -0.15) is 0 Å². The number of nitrogens with two attached hydrogens (primary N) is 1. The van der Waals surface area contributed by atoms with Crippen LogP contribution >= 0.6 is 0 Å². The van der Waals surface area contributed by atoms with E-state index in [0.29, 0.717) is 0 Å². The predicted molar refractivity (Wildman–Crippen MR) is 63.9 cm³/mol. The quantitative estimate of drug-likeness (QED) is 0.702. The lowest BCUT2D eigenvalue weighted by molar-refractivity contribution is 0.0169. The van der Waals surface area contributed by atoms with Crippen molar-refractivity contribution >= 4 is 16.0 Å². The minimum absolute atomic E-state index is 0.0859. The molecule has 10 heteroatoms. The van der Waals surface area contributed by atoms with Crippen LogP contribution in [0.5, 0.6) is 0 Å². The number of rotatable bonds is 7. The Morgan fingerprint density at radius 3 is 2.70 bits per heavy atom. The molecule has 1 aromatic rings. The van der Waals surface area contributed by atoms with Gasteiger partial charge >= 0.3 is 5.97 Å². The molecule has 1 rings (SSSR count). The van der Waals surface area contributed by atoms with Crippen LogP contribution in [-0.4, -0.2) is 40.0 Å². The minimum Gasteiger partial charge on any atom is -0.460 e. The second-order valence-corrected chi connectivity index (χ2v) is 5.42. The van der Waals surface area contributed by atoms with Crippen molar-refractivity contribution in [2.75, 3.05) is 19.7 Å². The molecule has 0 aromatic carbocycles. The van der Waals surface area contributed by atoms with E-state index in [4.69, 9.17) is 10.2 Å². The highest BCUT2D eigenvalue weighted by Crippen LogP contribution is 2.16. The van der Waals surface area contributed by atoms with E-state index in [1.54, 1.807) is 11.6 Å². The lowest BCUT2D eigenvalue weighted by atomic mass is 10.3. The largest absolute Gasteiger partial charge is 0.460 e. The monoisotopic (exact) mass is 312 g/mol.